The van der Waals surface area contributed by atoms with Gasteiger partial charge in [-0.3, -0.25) is 4.79 Å². The summed E-state index contributed by atoms with van der Waals surface area (Å²) in [5, 5.41) is 3.17. The Kier molecular flexibility index (Phi) is 6.10. The van der Waals surface area contributed by atoms with E-state index in [1.165, 1.54) is 19.3 Å². The van der Waals surface area contributed by atoms with Crippen LogP contribution in [-0.4, -0.2) is 25.2 Å². The van der Waals surface area contributed by atoms with Crippen LogP contribution in [0.1, 0.15) is 56.8 Å². The summed E-state index contributed by atoms with van der Waals surface area (Å²) in [6.07, 6.45) is 4.73. The van der Waals surface area contributed by atoms with E-state index in [1.54, 1.807) is 12.1 Å². The zero-order valence-corrected chi connectivity index (χ0v) is 13.9. The summed E-state index contributed by atoms with van der Waals surface area (Å²) in [6.45, 7) is 7.19. The molecule has 0 aliphatic heterocycles. The van der Waals surface area contributed by atoms with Crippen molar-refractivity contribution in [2.75, 3.05) is 13.2 Å². The summed E-state index contributed by atoms with van der Waals surface area (Å²) in [5.74, 6) is 1.84. The van der Waals surface area contributed by atoms with Gasteiger partial charge in [0.15, 0.2) is 11.5 Å². The number of rotatable bonds is 6. The molecule has 1 saturated carbocycles. The normalized spacial score (nSPS) is 21.2. The fraction of sp³-hybridized carbons (Fsp3) is 0.611. The van der Waals surface area contributed by atoms with Crippen LogP contribution in [-0.2, 0) is 0 Å². The van der Waals surface area contributed by atoms with Gasteiger partial charge in [-0.1, -0.05) is 19.8 Å². The maximum atomic E-state index is 12.5. The highest BCUT2D eigenvalue weighted by Gasteiger charge is 2.23. The third-order valence-corrected chi connectivity index (χ3v) is 4.23. The number of ether oxygens (including phenoxy) is 2. The summed E-state index contributed by atoms with van der Waals surface area (Å²) < 4.78 is 11.1. The monoisotopic (exact) mass is 305 g/mol. The van der Waals surface area contributed by atoms with Crippen molar-refractivity contribution in [3.8, 4) is 11.5 Å². The van der Waals surface area contributed by atoms with Crippen LogP contribution >= 0.6 is 0 Å². The van der Waals surface area contributed by atoms with Gasteiger partial charge < -0.3 is 14.8 Å². The molecule has 2 rings (SSSR count). The average molecular weight is 305 g/mol. The minimum absolute atomic E-state index is 0.0252. The number of carbonyl (C=O) groups is 1. The van der Waals surface area contributed by atoms with Crippen LogP contribution in [0, 0.1) is 5.92 Å². The highest BCUT2D eigenvalue weighted by atomic mass is 16.5. The highest BCUT2D eigenvalue weighted by molar-refractivity contribution is 5.95. The van der Waals surface area contributed by atoms with E-state index < -0.39 is 0 Å². The van der Waals surface area contributed by atoms with E-state index in [0.29, 0.717) is 36.2 Å². The van der Waals surface area contributed by atoms with Crippen LogP contribution in [0.3, 0.4) is 0 Å². The van der Waals surface area contributed by atoms with Gasteiger partial charge in [0.2, 0.25) is 0 Å². The molecule has 0 saturated heterocycles. The van der Waals surface area contributed by atoms with Crippen LogP contribution in [0.15, 0.2) is 18.2 Å². The van der Waals surface area contributed by atoms with Crippen molar-refractivity contribution in [3.63, 3.8) is 0 Å². The smallest absolute Gasteiger partial charge is 0.251 e. The topological polar surface area (TPSA) is 47.6 Å². The minimum atomic E-state index is -0.0252. The van der Waals surface area contributed by atoms with Gasteiger partial charge in [-0.25, -0.2) is 0 Å². The lowest BCUT2D eigenvalue weighted by Gasteiger charge is -2.29. The Balaban J connectivity index is 2.09. The SMILES string of the molecule is CCOc1ccc(C(=O)NC2CCCCC2C)cc1OCC. The second-order valence-electron chi connectivity index (χ2n) is 5.87. The van der Waals surface area contributed by atoms with E-state index in [1.807, 2.05) is 19.9 Å². The lowest BCUT2D eigenvalue weighted by atomic mass is 9.86. The molecule has 4 heteroatoms. The molecule has 2 unspecified atom stereocenters. The molecule has 0 spiro atoms. The van der Waals surface area contributed by atoms with Crippen LogP contribution in [0.4, 0.5) is 0 Å². The zero-order chi connectivity index (χ0) is 15.9. The first-order valence-corrected chi connectivity index (χ1v) is 8.36. The van der Waals surface area contributed by atoms with Crippen molar-refractivity contribution >= 4 is 5.91 Å². The maximum Gasteiger partial charge on any atom is 0.251 e. The quantitative estimate of drug-likeness (QED) is 0.869. The Morgan fingerprint density at radius 2 is 1.82 bits per heavy atom. The molecule has 1 aromatic rings. The van der Waals surface area contributed by atoms with Crippen molar-refractivity contribution in [2.24, 2.45) is 5.92 Å². The molecule has 0 heterocycles. The molecule has 0 bridgehead atoms. The molecule has 1 N–H and O–H groups in total. The van der Waals surface area contributed by atoms with E-state index in [-0.39, 0.29) is 11.9 Å². The molecule has 1 aliphatic carbocycles. The lowest BCUT2D eigenvalue weighted by molar-refractivity contribution is 0.0909. The molecule has 1 aromatic carbocycles. The fourth-order valence-electron chi connectivity index (χ4n) is 2.97. The fourth-order valence-corrected chi connectivity index (χ4v) is 2.97. The maximum absolute atomic E-state index is 12.5. The summed E-state index contributed by atoms with van der Waals surface area (Å²) in [4.78, 5) is 12.5. The standard InChI is InChI=1S/C18H27NO3/c1-4-21-16-11-10-14(12-17(16)22-5-2)18(20)19-15-9-7-6-8-13(15)3/h10-13,15H,4-9H2,1-3H3,(H,19,20). The van der Waals surface area contributed by atoms with Crippen molar-refractivity contribution < 1.29 is 14.3 Å². The van der Waals surface area contributed by atoms with E-state index in [4.69, 9.17) is 9.47 Å². The van der Waals surface area contributed by atoms with E-state index >= 15 is 0 Å². The molecule has 2 atom stereocenters. The molecule has 22 heavy (non-hydrogen) atoms. The van der Waals surface area contributed by atoms with Gasteiger partial charge in [-0.05, 0) is 50.8 Å². The second kappa shape index (κ2) is 8.06. The first-order valence-electron chi connectivity index (χ1n) is 8.36. The molecule has 1 amide bonds. The predicted molar refractivity (Wildman–Crippen MR) is 87.7 cm³/mol. The van der Waals surface area contributed by atoms with Gasteiger partial charge in [-0.2, -0.15) is 0 Å². The lowest BCUT2D eigenvalue weighted by Crippen LogP contribution is -2.41. The molecule has 122 valence electrons. The molecular formula is C18H27NO3. The Morgan fingerprint density at radius 1 is 1.14 bits per heavy atom. The first kappa shape index (κ1) is 16.7. The number of hydrogen-bond acceptors (Lipinski definition) is 3. The zero-order valence-electron chi connectivity index (χ0n) is 13.9. The van der Waals surface area contributed by atoms with E-state index in [0.717, 1.165) is 6.42 Å². The van der Waals surface area contributed by atoms with Gasteiger partial charge in [0, 0.05) is 11.6 Å². The number of benzene rings is 1. The van der Waals surface area contributed by atoms with E-state index in [9.17, 15) is 4.79 Å². The summed E-state index contributed by atoms with van der Waals surface area (Å²) in [5.41, 5.74) is 0.629. The second-order valence-corrected chi connectivity index (χ2v) is 5.87. The van der Waals surface area contributed by atoms with Crippen molar-refractivity contribution in [1.82, 2.24) is 5.32 Å². The Labute approximate surface area is 133 Å². The average Bonchev–Trinajstić information content (AvgIpc) is 2.51. The van der Waals surface area contributed by atoms with Gasteiger partial charge >= 0.3 is 0 Å². The van der Waals surface area contributed by atoms with Gasteiger partial charge in [-0.15, -0.1) is 0 Å². The van der Waals surface area contributed by atoms with Crippen molar-refractivity contribution in [2.45, 2.75) is 52.5 Å². The third-order valence-electron chi connectivity index (χ3n) is 4.23. The predicted octanol–water partition coefficient (Wildman–Crippen LogP) is 3.79. The van der Waals surface area contributed by atoms with Crippen molar-refractivity contribution in [1.29, 1.82) is 0 Å². The first-order chi connectivity index (χ1) is 10.7. The van der Waals surface area contributed by atoms with Crippen LogP contribution in [0.2, 0.25) is 0 Å². The summed E-state index contributed by atoms with van der Waals surface area (Å²) >= 11 is 0. The molecule has 1 fully saturated rings. The number of amides is 1. The van der Waals surface area contributed by atoms with Gasteiger partial charge in [0.1, 0.15) is 0 Å². The van der Waals surface area contributed by atoms with Crippen molar-refractivity contribution in [3.05, 3.63) is 23.8 Å². The Hall–Kier alpha value is -1.71. The molecule has 4 nitrogen and oxygen atoms in total. The number of nitrogens with one attached hydrogen (secondary N) is 1. The Bertz CT molecular complexity index is 501. The van der Waals surface area contributed by atoms with Crippen LogP contribution in [0.25, 0.3) is 0 Å². The van der Waals surface area contributed by atoms with Crippen LogP contribution < -0.4 is 14.8 Å². The van der Waals surface area contributed by atoms with Gasteiger partial charge in [0.05, 0.1) is 13.2 Å². The summed E-state index contributed by atoms with van der Waals surface area (Å²) in [6, 6.07) is 5.67. The van der Waals surface area contributed by atoms with E-state index in [2.05, 4.69) is 12.2 Å². The molecule has 0 aromatic heterocycles. The summed E-state index contributed by atoms with van der Waals surface area (Å²) in [7, 11) is 0. The van der Waals surface area contributed by atoms with Crippen LogP contribution in [0.5, 0.6) is 11.5 Å². The Morgan fingerprint density at radius 3 is 2.50 bits per heavy atom. The largest absolute Gasteiger partial charge is 0.490 e. The third kappa shape index (κ3) is 4.15. The highest BCUT2D eigenvalue weighted by Crippen LogP contribution is 2.29. The molecular weight excluding hydrogens is 278 g/mol. The number of carbonyl (C=O) groups excluding carboxylic acids is 1. The minimum Gasteiger partial charge on any atom is -0.490 e. The molecule has 1 aliphatic rings. The molecule has 0 radical (unpaired) electrons. The number of hydrogen-bond donors (Lipinski definition) is 1. The van der Waals surface area contributed by atoms with Gasteiger partial charge in [0.25, 0.3) is 5.91 Å².